The summed E-state index contributed by atoms with van der Waals surface area (Å²) < 4.78 is 14.0. The van der Waals surface area contributed by atoms with Gasteiger partial charge in [0, 0.05) is 12.6 Å². The Bertz CT molecular complexity index is 595. The zero-order chi connectivity index (χ0) is 15.4. The molecule has 1 aliphatic heterocycles. The molecule has 2 nitrogen and oxygen atoms in total. The van der Waals surface area contributed by atoms with Crippen molar-refractivity contribution in [2.24, 2.45) is 10.8 Å². The average Bonchev–Trinajstić information content (AvgIpc) is 2.61. The second-order valence-corrected chi connectivity index (χ2v) is 8.13. The number of aryl methyl sites for hydroxylation is 1. The van der Waals surface area contributed by atoms with Gasteiger partial charge in [0.25, 0.3) is 5.91 Å². The smallest absolute Gasteiger partial charge is 0.257 e. The van der Waals surface area contributed by atoms with Crippen molar-refractivity contribution in [2.45, 2.75) is 53.0 Å². The summed E-state index contributed by atoms with van der Waals surface area (Å²) in [5, 5.41) is 0. The maximum atomic E-state index is 14.0. The molecular weight excluding hydrogens is 265 g/mol. The molecule has 1 saturated carbocycles. The van der Waals surface area contributed by atoms with Gasteiger partial charge in [0.2, 0.25) is 0 Å². The fourth-order valence-corrected chi connectivity index (χ4v) is 4.66. The minimum Gasteiger partial charge on any atom is -0.335 e. The van der Waals surface area contributed by atoms with Crippen molar-refractivity contribution in [3.05, 3.63) is 35.1 Å². The molecule has 1 aromatic rings. The highest BCUT2D eigenvalue weighted by molar-refractivity contribution is 5.95. The first-order valence-corrected chi connectivity index (χ1v) is 7.76. The third-order valence-corrected chi connectivity index (χ3v) is 5.03. The molecule has 3 rings (SSSR count). The number of halogens is 1. The molecule has 3 heteroatoms. The largest absolute Gasteiger partial charge is 0.335 e. The van der Waals surface area contributed by atoms with Crippen LogP contribution in [0.5, 0.6) is 0 Å². The number of carbonyl (C=O) groups is 1. The van der Waals surface area contributed by atoms with E-state index in [2.05, 4.69) is 20.8 Å². The van der Waals surface area contributed by atoms with Crippen molar-refractivity contribution < 1.29 is 9.18 Å². The maximum Gasteiger partial charge on any atom is 0.257 e. The highest BCUT2D eigenvalue weighted by Gasteiger charge is 2.51. The minimum atomic E-state index is -0.406. The predicted molar refractivity (Wildman–Crippen MR) is 81.7 cm³/mol. The summed E-state index contributed by atoms with van der Waals surface area (Å²) in [6.07, 6.45) is 3.20. The first-order chi connectivity index (χ1) is 9.69. The van der Waals surface area contributed by atoms with E-state index in [1.165, 1.54) is 6.07 Å². The molecule has 0 spiro atoms. The number of carbonyl (C=O) groups excluding carboxylic acids is 1. The van der Waals surface area contributed by atoms with Crippen molar-refractivity contribution in [1.29, 1.82) is 0 Å². The Labute approximate surface area is 126 Å². The quantitative estimate of drug-likeness (QED) is 0.759. The summed E-state index contributed by atoms with van der Waals surface area (Å²) in [7, 11) is 0. The van der Waals surface area contributed by atoms with Crippen LogP contribution in [0.1, 0.15) is 56.0 Å². The molecule has 2 aliphatic rings. The van der Waals surface area contributed by atoms with Crippen LogP contribution in [0.25, 0.3) is 0 Å². The normalized spacial score (nSPS) is 30.5. The zero-order valence-electron chi connectivity index (χ0n) is 13.4. The lowest BCUT2D eigenvalue weighted by molar-refractivity contribution is 0.0703. The van der Waals surface area contributed by atoms with E-state index in [-0.39, 0.29) is 28.3 Å². The van der Waals surface area contributed by atoms with Crippen LogP contribution >= 0.6 is 0 Å². The summed E-state index contributed by atoms with van der Waals surface area (Å²) in [5.74, 6) is -0.543. The van der Waals surface area contributed by atoms with Gasteiger partial charge in [-0.3, -0.25) is 4.79 Å². The van der Waals surface area contributed by atoms with Crippen LogP contribution < -0.4 is 0 Å². The average molecular weight is 289 g/mol. The van der Waals surface area contributed by atoms with Crippen molar-refractivity contribution >= 4 is 5.91 Å². The molecule has 0 radical (unpaired) electrons. The van der Waals surface area contributed by atoms with Crippen LogP contribution in [0.2, 0.25) is 0 Å². The van der Waals surface area contributed by atoms with Gasteiger partial charge in [-0.15, -0.1) is 0 Å². The van der Waals surface area contributed by atoms with Crippen LogP contribution in [0.3, 0.4) is 0 Å². The van der Waals surface area contributed by atoms with Crippen molar-refractivity contribution in [3.63, 3.8) is 0 Å². The van der Waals surface area contributed by atoms with Crippen LogP contribution in [-0.4, -0.2) is 23.4 Å². The summed E-state index contributed by atoms with van der Waals surface area (Å²) in [5.41, 5.74) is 1.60. The third kappa shape index (κ3) is 2.58. The van der Waals surface area contributed by atoms with E-state index in [0.29, 0.717) is 0 Å². The molecule has 0 N–H and O–H groups in total. The van der Waals surface area contributed by atoms with Gasteiger partial charge in [0.05, 0.1) is 5.56 Å². The van der Waals surface area contributed by atoms with Crippen LogP contribution in [0.4, 0.5) is 4.39 Å². The summed E-state index contributed by atoms with van der Waals surface area (Å²) in [6.45, 7) is 9.47. The Morgan fingerprint density at radius 1 is 1.29 bits per heavy atom. The first-order valence-electron chi connectivity index (χ1n) is 7.76. The number of amides is 1. The molecule has 1 aliphatic carbocycles. The Kier molecular flexibility index (Phi) is 3.16. The van der Waals surface area contributed by atoms with E-state index in [0.717, 1.165) is 31.4 Å². The van der Waals surface area contributed by atoms with Crippen LogP contribution in [0, 0.1) is 23.6 Å². The molecule has 1 aromatic carbocycles. The number of benzene rings is 1. The van der Waals surface area contributed by atoms with Gasteiger partial charge in [0.15, 0.2) is 0 Å². The standard InChI is InChI=1S/C18H24FNO/c1-12-5-6-15(19)14(7-12)16(21)20-11-18(4)9-13(20)8-17(2,3)10-18/h5-7,13H,8-11H2,1-4H3. The molecule has 1 heterocycles. The maximum absolute atomic E-state index is 14.0. The van der Waals surface area contributed by atoms with Crippen LogP contribution in [0.15, 0.2) is 18.2 Å². The van der Waals surface area contributed by atoms with Gasteiger partial charge in [0.1, 0.15) is 5.82 Å². The summed E-state index contributed by atoms with van der Waals surface area (Å²) >= 11 is 0. The minimum absolute atomic E-state index is 0.136. The molecule has 1 saturated heterocycles. The molecule has 2 bridgehead atoms. The van der Waals surface area contributed by atoms with Crippen molar-refractivity contribution in [3.8, 4) is 0 Å². The molecule has 2 atom stereocenters. The highest BCUT2D eigenvalue weighted by atomic mass is 19.1. The number of fused-ring (bicyclic) bond motifs is 2. The predicted octanol–water partition coefficient (Wildman–Crippen LogP) is 4.17. The topological polar surface area (TPSA) is 20.3 Å². The molecular formula is C18H24FNO. The number of rotatable bonds is 1. The van der Waals surface area contributed by atoms with Crippen molar-refractivity contribution in [2.75, 3.05) is 6.54 Å². The number of hydrogen-bond acceptors (Lipinski definition) is 1. The zero-order valence-corrected chi connectivity index (χ0v) is 13.4. The molecule has 2 fully saturated rings. The Morgan fingerprint density at radius 3 is 2.71 bits per heavy atom. The fraction of sp³-hybridized carbons (Fsp3) is 0.611. The number of likely N-dealkylation sites (tertiary alicyclic amines) is 1. The first kappa shape index (κ1) is 14.6. The van der Waals surface area contributed by atoms with E-state index in [4.69, 9.17) is 0 Å². The summed E-state index contributed by atoms with van der Waals surface area (Å²) in [6, 6.07) is 5.04. The SMILES string of the molecule is Cc1ccc(F)c(C(=O)N2CC3(C)CC2CC(C)(C)C3)c1. The van der Waals surface area contributed by atoms with E-state index < -0.39 is 5.82 Å². The lowest BCUT2D eigenvalue weighted by atomic mass is 9.65. The van der Waals surface area contributed by atoms with E-state index in [1.54, 1.807) is 12.1 Å². The third-order valence-electron chi connectivity index (χ3n) is 5.03. The monoisotopic (exact) mass is 289 g/mol. The molecule has 2 unspecified atom stereocenters. The van der Waals surface area contributed by atoms with Crippen molar-refractivity contribution in [1.82, 2.24) is 4.90 Å². The van der Waals surface area contributed by atoms with Gasteiger partial charge in [-0.25, -0.2) is 4.39 Å². The lowest BCUT2D eigenvalue weighted by Gasteiger charge is -2.39. The second-order valence-electron chi connectivity index (χ2n) is 8.13. The molecule has 1 amide bonds. The van der Waals surface area contributed by atoms with E-state index >= 15 is 0 Å². The van der Waals surface area contributed by atoms with Gasteiger partial charge in [-0.05, 0) is 49.1 Å². The van der Waals surface area contributed by atoms with Gasteiger partial charge < -0.3 is 4.90 Å². The Balaban J connectivity index is 1.91. The molecule has 0 aromatic heterocycles. The Hall–Kier alpha value is -1.38. The fourth-order valence-electron chi connectivity index (χ4n) is 4.66. The van der Waals surface area contributed by atoms with E-state index in [9.17, 15) is 9.18 Å². The number of nitrogens with zero attached hydrogens (tertiary/aromatic N) is 1. The van der Waals surface area contributed by atoms with Gasteiger partial charge in [-0.1, -0.05) is 32.4 Å². The lowest BCUT2D eigenvalue weighted by Crippen LogP contribution is -2.38. The van der Waals surface area contributed by atoms with Gasteiger partial charge in [-0.2, -0.15) is 0 Å². The van der Waals surface area contributed by atoms with Crippen LogP contribution in [-0.2, 0) is 0 Å². The highest BCUT2D eigenvalue weighted by Crippen LogP contribution is 2.52. The van der Waals surface area contributed by atoms with Gasteiger partial charge >= 0.3 is 0 Å². The second kappa shape index (κ2) is 4.56. The van der Waals surface area contributed by atoms with E-state index in [1.807, 2.05) is 11.8 Å². The molecule has 114 valence electrons. The summed E-state index contributed by atoms with van der Waals surface area (Å²) in [4.78, 5) is 14.7. The molecule has 21 heavy (non-hydrogen) atoms. The Morgan fingerprint density at radius 2 is 2.00 bits per heavy atom. The number of hydrogen-bond donors (Lipinski definition) is 0.